The highest BCUT2D eigenvalue weighted by Gasteiger charge is 2.45. The maximum absolute atomic E-state index is 12.3. The second-order valence-electron chi connectivity index (χ2n) is 7.68. The molecule has 0 aliphatic carbocycles. The molecule has 2 heterocycles. The fraction of sp³-hybridized carbons (Fsp3) is 0.348. The van der Waals surface area contributed by atoms with E-state index in [9.17, 15) is 30.3 Å². The van der Waals surface area contributed by atoms with Crippen molar-refractivity contribution < 1.29 is 48.9 Å². The Morgan fingerprint density at radius 2 is 1.71 bits per heavy atom. The maximum Gasteiger partial charge on any atom is 0.336 e. The quantitative estimate of drug-likeness (QED) is 0.312. The van der Waals surface area contributed by atoms with Crippen molar-refractivity contribution in [2.45, 2.75) is 30.7 Å². The first-order valence-electron chi connectivity index (χ1n) is 10.3. The molecule has 4 rings (SSSR count). The summed E-state index contributed by atoms with van der Waals surface area (Å²) in [5.74, 6) is 0.375. The van der Waals surface area contributed by atoms with Gasteiger partial charge in [-0.1, -0.05) is 6.07 Å². The van der Waals surface area contributed by atoms with Crippen LogP contribution < -0.4 is 19.8 Å². The van der Waals surface area contributed by atoms with Gasteiger partial charge in [-0.15, -0.1) is 0 Å². The first kappa shape index (κ1) is 23.8. The van der Waals surface area contributed by atoms with Crippen molar-refractivity contribution in [2.75, 3.05) is 20.8 Å². The molecule has 5 N–H and O–H groups in total. The molecule has 1 aliphatic heterocycles. The minimum Gasteiger partial charge on any atom is -0.504 e. The van der Waals surface area contributed by atoms with E-state index in [1.54, 1.807) is 6.07 Å². The van der Waals surface area contributed by atoms with Gasteiger partial charge >= 0.3 is 5.63 Å². The largest absolute Gasteiger partial charge is 0.504 e. The molecule has 3 aromatic rings. The number of hydrogen-bond acceptors (Lipinski definition) is 11. The van der Waals surface area contributed by atoms with Crippen LogP contribution in [-0.4, -0.2) is 77.1 Å². The van der Waals surface area contributed by atoms with Crippen molar-refractivity contribution in [1.82, 2.24) is 0 Å². The summed E-state index contributed by atoms with van der Waals surface area (Å²) >= 11 is 0. The molecule has 11 heteroatoms. The molecule has 0 unspecified atom stereocenters. The number of benzene rings is 2. The normalized spacial score (nSPS) is 24.7. The van der Waals surface area contributed by atoms with E-state index in [1.807, 2.05) is 0 Å². The van der Waals surface area contributed by atoms with Gasteiger partial charge in [-0.2, -0.15) is 0 Å². The van der Waals surface area contributed by atoms with E-state index in [0.717, 1.165) is 0 Å². The van der Waals surface area contributed by atoms with Crippen LogP contribution in [-0.2, 0) is 4.74 Å². The van der Waals surface area contributed by atoms with Crippen molar-refractivity contribution in [3.63, 3.8) is 0 Å². The number of fused-ring (bicyclic) bond motifs is 1. The van der Waals surface area contributed by atoms with Crippen LogP contribution in [0.4, 0.5) is 0 Å². The summed E-state index contributed by atoms with van der Waals surface area (Å²) in [7, 11) is 2.79. The van der Waals surface area contributed by atoms with Crippen molar-refractivity contribution in [3.8, 4) is 34.1 Å². The van der Waals surface area contributed by atoms with E-state index in [0.29, 0.717) is 11.1 Å². The van der Waals surface area contributed by atoms with Gasteiger partial charge in [0, 0.05) is 23.8 Å². The number of ether oxygens (including phenoxy) is 4. The first-order chi connectivity index (χ1) is 16.3. The van der Waals surface area contributed by atoms with Crippen molar-refractivity contribution in [1.29, 1.82) is 0 Å². The van der Waals surface area contributed by atoms with Crippen LogP contribution in [0.3, 0.4) is 0 Å². The lowest BCUT2D eigenvalue weighted by atomic mass is 9.99. The number of phenolic OH excluding ortho intramolecular Hbond substituents is 1. The fourth-order valence-corrected chi connectivity index (χ4v) is 3.83. The lowest BCUT2D eigenvalue weighted by Crippen LogP contribution is -2.60. The molecule has 1 fully saturated rings. The number of aromatic hydroxyl groups is 1. The van der Waals surface area contributed by atoms with Crippen molar-refractivity contribution in [2.24, 2.45) is 0 Å². The Kier molecular flexibility index (Phi) is 6.64. The van der Waals surface area contributed by atoms with E-state index in [4.69, 9.17) is 23.4 Å². The number of phenols is 1. The zero-order chi connectivity index (χ0) is 24.6. The topological polar surface area (TPSA) is 168 Å². The fourth-order valence-electron chi connectivity index (χ4n) is 3.83. The lowest BCUT2D eigenvalue weighted by Gasteiger charge is -2.39. The Bertz CT molecular complexity index is 1240. The Balaban J connectivity index is 1.88. The van der Waals surface area contributed by atoms with Crippen LogP contribution in [0.5, 0.6) is 23.0 Å². The predicted molar refractivity (Wildman–Crippen MR) is 117 cm³/mol. The number of rotatable bonds is 6. The smallest absolute Gasteiger partial charge is 0.336 e. The van der Waals surface area contributed by atoms with Gasteiger partial charge in [0.15, 0.2) is 11.5 Å². The maximum atomic E-state index is 12.3. The summed E-state index contributed by atoms with van der Waals surface area (Å²) in [5, 5.41) is 50.5. The highest BCUT2D eigenvalue weighted by Crippen LogP contribution is 2.41. The van der Waals surface area contributed by atoms with E-state index in [-0.39, 0.29) is 34.0 Å². The minimum atomic E-state index is -1.66. The summed E-state index contributed by atoms with van der Waals surface area (Å²) in [5.41, 5.74) is 0.160. The molecule has 2 aromatic carbocycles. The van der Waals surface area contributed by atoms with E-state index >= 15 is 0 Å². The van der Waals surface area contributed by atoms with Gasteiger partial charge in [-0.05, 0) is 17.7 Å². The molecular formula is C23H24O11. The number of hydrogen-bond donors (Lipinski definition) is 5. The van der Waals surface area contributed by atoms with Gasteiger partial charge in [-0.25, -0.2) is 4.79 Å². The zero-order valence-electron chi connectivity index (χ0n) is 18.2. The Hall–Kier alpha value is -3.35. The molecule has 34 heavy (non-hydrogen) atoms. The minimum absolute atomic E-state index is 0.0488. The molecule has 0 amide bonds. The molecule has 0 bridgehead atoms. The van der Waals surface area contributed by atoms with Gasteiger partial charge in [0.1, 0.15) is 41.5 Å². The Morgan fingerprint density at radius 1 is 0.941 bits per heavy atom. The highest BCUT2D eigenvalue weighted by atomic mass is 16.7. The summed E-state index contributed by atoms with van der Waals surface area (Å²) < 4.78 is 27.0. The van der Waals surface area contributed by atoms with Crippen LogP contribution >= 0.6 is 0 Å². The second-order valence-corrected chi connectivity index (χ2v) is 7.68. The third-order valence-corrected chi connectivity index (χ3v) is 5.60. The van der Waals surface area contributed by atoms with Gasteiger partial charge in [0.2, 0.25) is 6.29 Å². The highest BCUT2D eigenvalue weighted by molar-refractivity contribution is 5.98. The predicted octanol–water partition coefficient (Wildman–Crippen LogP) is 0.361. The third kappa shape index (κ3) is 4.27. The molecule has 182 valence electrons. The number of aliphatic hydroxyl groups is 4. The molecule has 1 aliphatic rings. The van der Waals surface area contributed by atoms with Crippen LogP contribution in [0.15, 0.2) is 45.6 Å². The summed E-state index contributed by atoms with van der Waals surface area (Å²) in [6.45, 7) is -0.630. The van der Waals surface area contributed by atoms with Crippen molar-refractivity contribution >= 4 is 11.0 Å². The van der Waals surface area contributed by atoms with Crippen LogP contribution in [0.2, 0.25) is 0 Å². The average molecular weight is 476 g/mol. The molecule has 11 nitrogen and oxygen atoms in total. The van der Waals surface area contributed by atoms with E-state index < -0.39 is 42.9 Å². The average Bonchev–Trinajstić information content (AvgIpc) is 2.83. The SMILES string of the molecule is COc1cc(O[C@@H]2O[C@H](CO)[C@@H](O)[C@H](O)[C@H]2O)c2c(-c3ccc(OC)c(O)c3)cc(=O)oc2c1. The Labute approximate surface area is 192 Å². The zero-order valence-corrected chi connectivity index (χ0v) is 18.2. The summed E-state index contributed by atoms with van der Waals surface area (Å²) in [4.78, 5) is 12.3. The van der Waals surface area contributed by atoms with E-state index in [2.05, 4.69) is 0 Å². The molecular weight excluding hydrogens is 452 g/mol. The Morgan fingerprint density at radius 3 is 2.35 bits per heavy atom. The van der Waals surface area contributed by atoms with Gasteiger partial charge < -0.3 is 48.9 Å². The van der Waals surface area contributed by atoms with Gasteiger partial charge in [0.25, 0.3) is 0 Å². The third-order valence-electron chi connectivity index (χ3n) is 5.60. The number of methoxy groups -OCH3 is 2. The molecule has 0 saturated carbocycles. The van der Waals surface area contributed by atoms with Gasteiger partial charge in [-0.3, -0.25) is 0 Å². The first-order valence-corrected chi connectivity index (χ1v) is 10.3. The molecule has 0 spiro atoms. The molecule has 1 saturated heterocycles. The van der Waals surface area contributed by atoms with Crippen molar-refractivity contribution in [3.05, 3.63) is 46.8 Å². The second kappa shape index (κ2) is 9.49. The monoisotopic (exact) mass is 476 g/mol. The molecule has 5 atom stereocenters. The van der Waals surface area contributed by atoms with Crippen LogP contribution in [0, 0.1) is 0 Å². The van der Waals surface area contributed by atoms with Crippen LogP contribution in [0.1, 0.15) is 0 Å². The number of aliphatic hydroxyl groups excluding tert-OH is 4. The van der Waals surface area contributed by atoms with Crippen LogP contribution in [0.25, 0.3) is 22.1 Å². The molecule has 1 aromatic heterocycles. The van der Waals surface area contributed by atoms with E-state index in [1.165, 1.54) is 44.6 Å². The standard InChI is InChI=1S/C23H24O11/c1-30-11-6-15-19(12(8-18(26)32-15)10-3-4-14(31-2)13(25)5-10)16(7-11)33-23-22(29)21(28)20(27)17(9-24)34-23/h3-8,17,20-25,27-29H,9H2,1-2H3/t17-,20-,21+,22-,23-/m1/s1. The summed E-state index contributed by atoms with van der Waals surface area (Å²) in [6, 6.07) is 8.66. The lowest BCUT2D eigenvalue weighted by molar-refractivity contribution is -0.277. The summed E-state index contributed by atoms with van der Waals surface area (Å²) in [6.07, 6.45) is -7.55. The molecule has 0 radical (unpaired) electrons. The van der Waals surface area contributed by atoms with Gasteiger partial charge in [0.05, 0.1) is 26.2 Å².